The second-order valence-corrected chi connectivity index (χ2v) is 7.17. The maximum atomic E-state index is 13.1. The van der Waals surface area contributed by atoms with Crippen molar-refractivity contribution in [3.8, 4) is 0 Å². The quantitative estimate of drug-likeness (QED) is 0.573. The third-order valence-electron chi connectivity index (χ3n) is 4.77. The summed E-state index contributed by atoms with van der Waals surface area (Å²) in [5.41, 5.74) is 0.0285. The zero-order valence-corrected chi connectivity index (χ0v) is 15.0. The first-order valence-corrected chi connectivity index (χ1v) is 9.35. The summed E-state index contributed by atoms with van der Waals surface area (Å²) in [6, 6.07) is 9.08. The Morgan fingerprint density at radius 3 is 2.48 bits per heavy atom. The van der Waals surface area contributed by atoms with E-state index in [4.69, 9.17) is 4.74 Å². The monoisotopic (exact) mass is 390 g/mol. The second-order valence-electron chi connectivity index (χ2n) is 6.43. The maximum Gasteiger partial charge on any atom is 0.334 e. The lowest BCUT2D eigenvalue weighted by atomic mass is 10.1. The number of aromatic nitrogens is 2. The summed E-state index contributed by atoms with van der Waals surface area (Å²) in [6.07, 6.45) is -4.97. The molecule has 1 saturated heterocycles. The first kappa shape index (κ1) is 18.1. The molecule has 2 aromatic heterocycles. The van der Waals surface area contributed by atoms with Crippen molar-refractivity contribution in [1.29, 1.82) is 0 Å². The number of aliphatic hydroxyl groups excluding tert-OH is 3. The molecule has 0 radical (unpaired) electrons. The van der Waals surface area contributed by atoms with E-state index in [0.717, 1.165) is 10.1 Å². The van der Waals surface area contributed by atoms with Gasteiger partial charge in [-0.15, -0.1) is 11.3 Å². The Kier molecular flexibility index (Phi) is 4.70. The Hall–Kier alpha value is -2.30. The van der Waals surface area contributed by atoms with Gasteiger partial charge in [0.2, 0.25) is 0 Å². The Morgan fingerprint density at radius 1 is 1.07 bits per heavy atom. The lowest BCUT2D eigenvalue weighted by molar-refractivity contribution is -0.0532. The van der Waals surface area contributed by atoms with Crippen LogP contribution in [0.1, 0.15) is 11.8 Å². The van der Waals surface area contributed by atoms with Gasteiger partial charge in [-0.2, -0.15) is 0 Å². The van der Waals surface area contributed by atoms with Crippen molar-refractivity contribution in [2.45, 2.75) is 31.1 Å². The van der Waals surface area contributed by atoms with E-state index in [0.29, 0.717) is 10.9 Å². The van der Waals surface area contributed by atoms with Crippen LogP contribution in [0.25, 0.3) is 10.9 Å². The average molecular weight is 390 g/mol. The predicted octanol–water partition coefficient (Wildman–Crippen LogP) is -0.116. The lowest BCUT2D eigenvalue weighted by Gasteiger charge is -2.20. The summed E-state index contributed by atoms with van der Waals surface area (Å²) in [5, 5.41) is 33.3. The number of aliphatic hydroxyl groups is 3. The third-order valence-corrected chi connectivity index (χ3v) is 5.50. The molecule has 8 nitrogen and oxygen atoms in total. The van der Waals surface area contributed by atoms with Crippen LogP contribution in [-0.4, -0.2) is 49.4 Å². The topological polar surface area (TPSA) is 114 Å². The zero-order valence-electron chi connectivity index (χ0n) is 14.1. The number of ether oxygens (including phenoxy) is 1. The maximum absolute atomic E-state index is 13.1. The fourth-order valence-electron chi connectivity index (χ4n) is 3.35. The number of benzene rings is 1. The van der Waals surface area contributed by atoms with Gasteiger partial charge in [-0.25, -0.2) is 4.79 Å². The molecular weight excluding hydrogens is 372 g/mol. The summed E-state index contributed by atoms with van der Waals surface area (Å²) >= 11 is 1.25. The minimum atomic E-state index is -1.41. The van der Waals surface area contributed by atoms with Crippen molar-refractivity contribution < 1.29 is 20.1 Å². The van der Waals surface area contributed by atoms with E-state index in [9.17, 15) is 24.9 Å². The van der Waals surface area contributed by atoms with Crippen LogP contribution in [-0.2, 0) is 11.3 Å². The van der Waals surface area contributed by atoms with Crippen molar-refractivity contribution in [2.75, 3.05) is 6.61 Å². The van der Waals surface area contributed by atoms with Gasteiger partial charge in [-0.3, -0.25) is 13.9 Å². The Labute approximate surface area is 157 Å². The molecule has 0 unspecified atom stereocenters. The highest BCUT2D eigenvalue weighted by Gasteiger charge is 2.44. The van der Waals surface area contributed by atoms with Crippen LogP contribution in [0.15, 0.2) is 50.7 Å². The summed E-state index contributed by atoms with van der Waals surface area (Å²) in [4.78, 5) is 25.9. The van der Waals surface area contributed by atoms with E-state index >= 15 is 0 Å². The Morgan fingerprint density at radius 2 is 1.81 bits per heavy atom. The number of hydrogen-bond acceptors (Lipinski definition) is 7. The van der Waals surface area contributed by atoms with E-state index < -0.39 is 42.4 Å². The molecule has 142 valence electrons. The molecule has 0 amide bonds. The van der Waals surface area contributed by atoms with Crippen molar-refractivity contribution >= 4 is 22.2 Å². The standard InChI is InChI=1S/C18H18N2O6S/c21-7-13-14(22)15(23)17(26-13)20-12-9-27-8-11(12)16(24)19(18(20)25)6-10-4-2-1-3-5-10/h1-5,8-9,13-15,17,21-23H,6-7H2/t13-,14-,15-,17-/m1/s1. The number of nitrogens with zero attached hydrogens (tertiary/aromatic N) is 2. The lowest BCUT2D eigenvalue weighted by Crippen LogP contribution is -2.43. The molecule has 1 aromatic carbocycles. The van der Waals surface area contributed by atoms with Crippen LogP contribution in [0.3, 0.4) is 0 Å². The number of hydrogen-bond donors (Lipinski definition) is 3. The highest BCUT2D eigenvalue weighted by molar-refractivity contribution is 7.09. The molecule has 27 heavy (non-hydrogen) atoms. The molecule has 3 N–H and O–H groups in total. The second kappa shape index (κ2) is 7.02. The van der Waals surface area contributed by atoms with E-state index in [1.807, 2.05) is 18.2 Å². The smallest absolute Gasteiger partial charge is 0.334 e. The molecular formula is C18H18N2O6S. The Balaban J connectivity index is 1.90. The fraction of sp³-hybridized carbons (Fsp3) is 0.333. The zero-order chi connectivity index (χ0) is 19.1. The first-order chi connectivity index (χ1) is 13.0. The van der Waals surface area contributed by atoms with Crippen LogP contribution >= 0.6 is 11.3 Å². The number of thiophene rings is 1. The highest BCUT2D eigenvalue weighted by Crippen LogP contribution is 2.30. The van der Waals surface area contributed by atoms with Gasteiger partial charge in [-0.05, 0) is 5.56 Å². The molecule has 4 atom stereocenters. The average Bonchev–Trinajstić information content (AvgIpc) is 3.27. The van der Waals surface area contributed by atoms with Crippen LogP contribution in [0.5, 0.6) is 0 Å². The van der Waals surface area contributed by atoms with Crippen LogP contribution < -0.4 is 11.2 Å². The Bertz CT molecular complexity index is 1070. The van der Waals surface area contributed by atoms with Crippen molar-refractivity contribution in [3.63, 3.8) is 0 Å². The molecule has 0 bridgehead atoms. The molecule has 4 rings (SSSR count). The van der Waals surface area contributed by atoms with Gasteiger partial charge in [-0.1, -0.05) is 30.3 Å². The minimum absolute atomic E-state index is 0.0685. The molecule has 3 heterocycles. The molecule has 9 heteroatoms. The third kappa shape index (κ3) is 2.93. The van der Waals surface area contributed by atoms with Crippen molar-refractivity contribution in [1.82, 2.24) is 9.13 Å². The molecule has 0 spiro atoms. The van der Waals surface area contributed by atoms with Crippen molar-refractivity contribution in [2.24, 2.45) is 0 Å². The van der Waals surface area contributed by atoms with E-state index in [1.54, 1.807) is 22.9 Å². The van der Waals surface area contributed by atoms with Gasteiger partial charge in [0.1, 0.15) is 18.3 Å². The SMILES string of the molecule is O=c1c2cscc2n([C@@H]2O[C@H](CO)[C@@H](O)[C@H]2O)c(=O)n1Cc1ccccc1. The van der Waals surface area contributed by atoms with Crippen LogP contribution in [0.2, 0.25) is 0 Å². The largest absolute Gasteiger partial charge is 0.394 e. The van der Waals surface area contributed by atoms with Gasteiger partial charge in [0, 0.05) is 10.8 Å². The van der Waals surface area contributed by atoms with E-state index in [2.05, 4.69) is 0 Å². The van der Waals surface area contributed by atoms with Gasteiger partial charge in [0.15, 0.2) is 6.23 Å². The highest BCUT2D eigenvalue weighted by atomic mass is 32.1. The summed E-state index contributed by atoms with van der Waals surface area (Å²) in [6.45, 7) is -0.432. The molecule has 0 saturated carbocycles. The first-order valence-electron chi connectivity index (χ1n) is 8.40. The summed E-state index contributed by atoms with van der Waals surface area (Å²) in [5.74, 6) is 0. The van der Waals surface area contributed by atoms with Gasteiger partial charge < -0.3 is 20.1 Å². The molecule has 3 aromatic rings. The molecule has 1 aliphatic heterocycles. The van der Waals surface area contributed by atoms with E-state index in [-0.39, 0.29) is 6.54 Å². The number of fused-ring (bicyclic) bond motifs is 1. The van der Waals surface area contributed by atoms with Gasteiger partial charge in [0.25, 0.3) is 5.56 Å². The van der Waals surface area contributed by atoms with Crippen LogP contribution in [0, 0.1) is 0 Å². The predicted molar refractivity (Wildman–Crippen MR) is 98.9 cm³/mol. The fourth-order valence-corrected chi connectivity index (χ4v) is 4.14. The minimum Gasteiger partial charge on any atom is -0.394 e. The van der Waals surface area contributed by atoms with Gasteiger partial charge in [0.05, 0.1) is 24.1 Å². The normalized spacial score (nSPS) is 25.3. The summed E-state index contributed by atoms with van der Waals surface area (Å²) < 4.78 is 7.79. The van der Waals surface area contributed by atoms with Gasteiger partial charge >= 0.3 is 5.69 Å². The molecule has 1 aliphatic rings. The molecule has 1 fully saturated rings. The molecule has 0 aliphatic carbocycles. The van der Waals surface area contributed by atoms with Crippen molar-refractivity contribution in [3.05, 3.63) is 67.5 Å². The van der Waals surface area contributed by atoms with Crippen LogP contribution in [0.4, 0.5) is 0 Å². The number of rotatable bonds is 4. The van der Waals surface area contributed by atoms with E-state index in [1.165, 1.54) is 15.9 Å². The summed E-state index contributed by atoms with van der Waals surface area (Å²) in [7, 11) is 0.